The van der Waals surface area contributed by atoms with Crippen molar-refractivity contribution < 1.29 is 0 Å². The molecule has 2 heterocycles. The summed E-state index contributed by atoms with van der Waals surface area (Å²) in [6, 6.07) is 22.5. The predicted octanol–water partition coefficient (Wildman–Crippen LogP) is 5.27. The van der Waals surface area contributed by atoms with Gasteiger partial charge in [-0.15, -0.1) is 11.3 Å². The largest absolute Gasteiger partial charge is 0.297 e. The van der Waals surface area contributed by atoms with E-state index in [1.54, 1.807) is 10.4 Å². The Hall–Kier alpha value is -2.20. The van der Waals surface area contributed by atoms with E-state index >= 15 is 0 Å². The van der Waals surface area contributed by atoms with Crippen LogP contribution in [0.15, 0.2) is 72.1 Å². The molecule has 29 heavy (non-hydrogen) atoms. The van der Waals surface area contributed by atoms with Crippen LogP contribution in [0.4, 0.5) is 0 Å². The van der Waals surface area contributed by atoms with Gasteiger partial charge in [0.15, 0.2) is 0 Å². The van der Waals surface area contributed by atoms with Gasteiger partial charge in [0.2, 0.25) is 0 Å². The van der Waals surface area contributed by atoms with Gasteiger partial charge in [-0.05, 0) is 46.5 Å². The average Bonchev–Trinajstić information content (AvgIpc) is 3.17. The first-order valence-electron chi connectivity index (χ1n) is 10.7. The highest BCUT2D eigenvalue weighted by Gasteiger charge is 2.31. The zero-order valence-electron chi connectivity index (χ0n) is 16.8. The van der Waals surface area contributed by atoms with Crippen molar-refractivity contribution in [2.75, 3.05) is 32.7 Å². The Morgan fingerprint density at radius 2 is 1.62 bits per heavy atom. The fourth-order valence-electron chi connectivity index (χ4n) is 4.74. The van der Waals surface area contributed by atoms with Gasteiger partial charge in [-0.25, -0.2) is 0 Å². The molecule has 3 heteroatoms. The van der Waals surface area contributed by atoms with E-state index in [1.807, 2.05) is 11.3 Å². The van der Waals surface area contributed by atoms with Crippen molar-refractivity contribution in [3.8, 4) is 0 Å². The third kappa shape index (κ3) is 4.09. The average molecular weight is 401 g/mol. The van der Waals surface area contributed by atoms with Crippen molar-refractivity contribution in [3.63, 3.8) is 0 Å². The number of hydrogen-bond acceptors (Lipinski definition) is 3. The molecule has 0 spiro atoms. The number of fused-ring (bicyclic) bond motifs is 2. The standard InChI is InChI=1S/C26H28N2S/c1-2-7-21(8-3-1)9-6-15-27-16-18-28(19-17-27)26-23-11-5-4-10-22(23)12-13-25-24(26)14-20-29-25/h1-11,14,20,26H,12-13,15-19H2. The number of aryl methyl sites for hydroxylation is 2. The fourth-order valence-corrected chi connectivity index (χ4v) is 5.66. The second-order valence-electron chi connectivity index (χ2n) is 8.05. The van der Waals surface area contributed by atoms with Crippen LogP contribution in [-0.2, 0) is 12.8 Å². The van der Waals surface area contributed by atoms with E-state index in [4.69, 9.17) is 0 Å². The lowest BCUT2D eigenvalue weighted by Gasteiger charge is -2.39. The Morgan fingerprint density at radius 3 is 2.48 bits per heavy atom. The van der Waals surface area contributed by atoms with Crippen LogP contribution in [0.5, 0.6) is 0 Å². The van der Waals surface area contributed by atoms with Crippen molar-refractivity contribution in [1.82, 2.24) is 9.80 Å². The van der Waals surface area contributed by atoms with Crippen molar-refractivity contribution in [3.05, 3.63) is 99.3 Å². The molecule has 1 aliphatic carbocycles. The Bertz CT molecular complexity index is 967. The van der Waals surface area contributed by atoms with Crippen LogP contribution in [0.3, 0.4) is 0 Å². The summed E-state index contributed by atoms with van der Waals surface area (Å²) in [7, 11) is 0. The number of nitrogens with zero attached hydrogens (tertiary/aromatic N) is 2. The van der Waals surface area contributed by atoms with E-state index < -0.39 is 0 Å². The van der Waals surface area contributed by atoms with Crippen LogP contribution in [0.25, 0.3) is 6.08 Å². The van der Waals surface area contributed by atoms with Gasteiger partial charge in [-0.3, -0.25) is 9.80 Å². The van der Waals surface area contributed by atoms with Gasteiger partial charge in [-0.1, -0.05) is 66.7 Å². The minimum absolute atomic E-state index is 0.428. The summed E-state index contributed by atoms with van der Waals surface area (Å²) in [5, 5.41) is 2.29. The smallest absolute Gasteiger partial charge is 0.0616 e. The molecule has 2 aliphatic rings. The number of piperazine rings is 1. The molecule has 1 unspecified atom stereocenters. The third-order valence-electron chi connectivity index (χ3n) is 6.29. The lowest BCUT2D eigenvalue weighted by atomic mass is 9.95. The summed E-state index contributed by atoms with van der Waals surface area (Å²) in [4.78, 5) is 6.87. The summed E-state index contributed by atoms with van der Waals surface area (Å²) < 4.78 is 0. The van der Waals surface area contributed by atoms with Crippen molar-refractivity contribution in [2.24, 2.45) is 0 Å². The molecular formula is C26H28N2S. The first kappa shape index (κ1) is 18.8. The van der Waals surface area contributed by atoms with E-state index in [-0.39, 0.29) is 0 Å². The molecule has 2 nitrogen and oxygen atoms in total. The molecule has 1 atom stereocenters. The second-order valence-corrected chi connectivity index (χ2v) is 9.05. The molecule has 0 saturated carbocycles. The molecule has 1 aromatic heterocycles. The topological polar surface area (TPSA) is 6.48 Å². The second kappa shape index (κ2) is 8.66. The van der Waals surface area contributed by atoms with Gasteiger partial charge < -0.3 is 0 Å². The molecule has 1 fully saturated rings. The summed E-state index contributed by atoms with van der Waals surface area (Å²) in [6.07, 6.45) is 6.91. The minimum Gasteiger partial charge on any atom is -0.297 e. The molecule has 2 aromatic carbocycles. The highest BCUT2D eigenvalue weighted by Crippen LogP contribution is 2.39. The van der Waals surface area contributed by atoms with Crippen molar-refractivity contribution in [2.45, 2.75) is 18.9 Å². The molecule has 0 radical (unpaired) electrons. The minimum atomic E-state index is 0.428. The molecular weight excluding hydrogens is 372 g/mol. The quantitative estimate of drug-likeness (QED) is 0.589. The van der Waals surface area contributed by atoms with Crippen molar-refractivity contribution in [1.29, 1.82) is 0 Å². The maximum absolute atomic E-state index is 2.72. The summed E-state index contributed by atoms with van der Waals surface area (Å²) >= 11 is 1.94. The number of thiophene rings is 1. The predicted molar refractivity (Wildman–Crippen MR) is 124 cm³/mol. The Labute approximate surface area is 178 Å². The monoisotopic (exact) mass is 400 g/mol. The molecule has 0 N–H and O–H groups in total. The lowest BCUT2D eigenvalue weighted by Crippen LogP contribution is -2.47. The molecule has 3 aromatic rings. The Balaban J connectivity index is 1.28. The number of benzene rings is 2. The van der Waals surface area contributed by atoms with Crippen LogP contribution < -0.4 is 0 Å². The van der Waals surface area contributed by atoms with Crippen LogP contribution in [0, 0.1) is 0 Å². The first-order valence-corrected chi connectivity index (χ1v) is 11.6. The van der Waals surface area contributed by atoms with E-state index in [1.165, 1.54) is 29.5 Å². The molecule has 0 amide bonds. The molecule has 0 bridgehead atoms. The van der Waals surface area contributed by atoms with Crippen LogP contribution in [0.2, 0.25) is 0 Å². The van der Waals surface area contributed by atoms with E-state index in [2.05, 4.69) is 88.0 Å². The van der Waals surface area contributed by atoms with Gasteiger partial charge >= 0.3 is 0 Å². The summed E-state index contributed by atoms with van der Waals surface area (Å²) in [6.45, 7) is 5.57. The third-order valence-corrected chi connectivity index (χ3v) is 7.29. The fraction of sp³-hybridized carbons (Fsp3) is 0.308. The van der Waals surface area contributed by atoms with Gasteiger partial charge in [-0.2, -0.15) is 0 Å². The van der Waals surface area contributed by atoms with Gasteiger partial charge in [0.1, 0.15) is 0 Å². The Kier molecular flexibility index (Phi) is 5.62. The van der Waals surface area contributed by atoms with Gasteiger partial charge in [0, 0.05) is 37.6 Å². The van der Waals surface area contributed by atoms with Gasteiger partial charge in [0.05, 0.1) is 6.04 Å². The molecule has 5 rings (SSSR count). The first-order chi connectivity index (χ1) is 14.4. The molecule has 1 saturated heterocycles. The molecule has 148 valence electrons. The number of hydrogen-bond donors (Lipinski definition) is 0. The van der Waals surface area contributed by atoms with Gasteiger partial charge in [0.25, 0.3) is 0 Å². The molecule has 1 aliphatic heterocycles. The van der Waals surface area contributed by atoms with E-state index in [0.717, 1.165) is 32.7 Å². The lowest BCUT2D eigenvalue weighted by molar-refractivity contribution is 0.118. The Morgan fingerprint density at radius 1 is 0.828 bits per heavy atom. The van der Waals surface area contributed by atoms with Crippen LogP contribution >= 0.6 is 11.3 Å². The maximum Gasteiger partial charge on any atom is 0.0616 e. The SMILES string of the molecule is C(=Cc1ccccc1)CN1CCN(C2c3ccccc3CCc3sccc32)CC1. The van der Waals surface area contributed by atoms with Crippen molar-refractivity contribution >= 4 is 17.4 Å². The zero-order valence-corrected chi connectivity index (χ0v) is 17.7. The van der Waals surface area contributed by atoms with E-state index in [0.29, 0.717) is 6.04 Å². The summed E-state index contributed by atoms with van der Waals surface area (Å²) in [5.41, 5.74) is 5.90. The maximum atomic E-state index is 2.72. The van der Waals surface area contributed by atoms with Crippen LogP contribution in [0.1, 0.15) is 33.2 Å². The zero-order chi connectivity index (χ0) is 19.5. The van der Waals surface area contributed by atoms with E-state index in [9.17, 15) is 0 Å². The highest BCUT2D eigenvalue weighted by molar-refractivity contribution is 7.10. The number of rotatable bonds is 4. The highest BCUT2D eigenvalue weighted by atomic mass is 32.1. The van der Waals surface area contributed by atoms with Crippen LogP contribution in [-0.4, -0.2) is 42.5 Å². The summed E-state index contributed by atoms with van der Waals surface area (Å²) in [5.74, 6) is 0. The normalized spacial score (nSPS) is 20.3.